The van der Waals surface area contributed by atoms with Crippen molar-refractivity contribution < 1.29 is 9.84 Å². The summed E-state index contributed by atoms with van der Waals surface area (Å²) in [6.07, 6.45) is 2.87. The summed E-state index contributed by atoms with van der Waals surface area (Å²) >= 11 is 0. The molecule has 4 heteroatoms. The number of aliphatic hydroxyl groups is 1. The van der Waals surface area contributed by atoms with Crippen LogP contribution in [0, 0.1) is 5.92 Å². The Morgan fingerprint density at radius 3 is 2.48 bits per heavy atom. The van der Waals surface area contributed by atoms with Crippen molar-refractivity contribution in [1.82, 2.24) is 9.80 Å². The van der Waals surface area contributed by atoms with E-state index >= 15 is 0 Å². The first kappa shape index (κ1) is 14.8. The molecule has 1 aliphatic carbocycles. The van der Waals surface area contributed by atoms with E-state index in [9.17, 15) is 5.11 Å². The van der Waals surface area contributed by atoms with Crippen molar-refractivity contribution >= 4 is 0 Å². The van der Waals surface area contributed by atoms with E-state index in [-0.39, 0.29) is 6.61 Å². The van der Waals surface area contributed by atoms with Crippen molar-refractivity contribution in [2.24, 2.45) is 5.92 Å². The molecule has 21 heavy (non-hydrogen) atoms. The number of nitrogens with zero attached hydrogens (tertiary/aromatic N) is 2. The minimum absolute atomic E-state index is 0.0894. The predicted molar refractivity (Wildman–Crippen MR) is 83.4 cm³/mol. The number of rotatable bonds is 6. The number of piperazine rings is 1. The second kappa shape index (κ2) is 6.77. The van der Waals surface area contributed by atoms with Gasteiger partial charge in [0.25, 0.3) is 0 Å². The molecule has 0 spiro atoms. The third kappa shape index (κ3) is 3.96. The number of hydrogen-bond donors (Lipinski definition) is 1. The van der Waals surface area contributed by atoms with Crippen LogP contribution in [-0.2, 0) is 13.2 Å². The van der Waals surface area contributed by atoms with Crippen molar-refractivity contribution in [3.8, 4) is 5.75 Å². The maximum Gasteiger partial charge on any atom is 0.123 e. The molecule has 2 fully saturated rings. The molecule has 0 unspecified atom stereocenters. The van der Waals surface area contributed by atoms with Crippen molar-refractivity contribution in [3.63, 3.8) is 0 Å². The molecule has 2 aliphatic rings. The van der Waals surface area contributed by atoms with Gasteiger partial charge in [-0.25, -0.2) is 0 Å². The quantitative estimate of drug-likeness (QED) is 0.865. The highest BCUT2D eigenvalue weighted by atomic mass is 16.5. The lowest BCUT2D eigenvalue weighted by Gasteiger charge is -2.35. The monoisotopic (exact) mass is 290 g/mol. The van der Waals surface area contributed by atoms with Crippen LogP contribution >= 0.6 is 0 Å². The van der Waals surface area contributed by atoms with Gasteiger partial charge in [0.15, 0.2) is 0 Å². The summed E-state index contributed by atoms with van der Waals surface area (Å²) in [7, 11) is 1.71. The lowest BCUT2D eigenvalue weighted by molar-refractivity contribution is 0.122. The van der Waals surface area contributed by atoms with Gasteiger partial charge in [-0.1, -0.05) is 6.07 Å². The average Bonchev–Trinajstić information content (AvgIpc) is 3.33. The zero-order chi connectivity index (χ0) is 14.7. The maximum atomic E-state index is 9.29. The van der Waals surface area contributed by atoms with Crippen LogP contribution in [0.3, 0.4) is 0 Å². The molecule has 0 aromatic heterocycles. The van der Waals surface area contributed by atoms with E-state index in [4.69, 9.17) is 4.74 Å². The second-order valence-electron chi connectivity index (χ2n) is 6.32. The highest BCUT2D eigenvalue weighted by Gasteiger charge is 2.26. The fourth-order valence-electron chi connectivity index (χ4n) is 3.09. The van der Waals surface area contributed by atoms with E-state index in [1.807, 2.05) is 12.1 Å². The lowest BCUT2D eigenvalue weighted by Crippen LogP contribution is -2.46. The molecule has 1 N–H and O–H groups in total. The van der Waals surface area contributed by atoms with Gasteiger partial charge in [-0.15, -0.1) is 0 Å². The van der Waals surface area contributed by atoms with Gasteiger partial charge in [0, 0.05) is 44.8 Å². The van der Waals surface area contributed by atoms with E-state index in [0.29, 0.717) is 0 Å². The molecule has 1 saturated carbocycles. The van der Waals surface area contributed by atoms with Gasteiger partial charge in [0.05, 0.1) is 13.7 Å². The van der Waals surface area contributed by atoms with E-state index in [1.54, 1.807) is 7.11 Å². The zero-order valence-electron chi connectivity index (χ0n) is 12.9. The van der Waals surface area contributed by atoms with Crippen LogP contribution < -0.4 is 4.74 Å². The molecule has 1 aliphatic heterocycles. The molecular weight excluding hydrogens is 264 g/mol. The first-order valence-corrected chi connectivity index (χ1v) is 8.00. The van der Waals surface area contributed by atoms with Gasteiger partial charge in [0.2, 0.25) is 0 Å². The fourth-order valence-corrected chi connectivity index (χ4v) is 3.09. The lowest BCUT2D eigenvalue weighted by atomic mass is 10.1. The SMILES string of the molecule is COc1ccc(CO)cc1CN1CCN(CC2CC2)CC1. The third-order valence-corrected chi connectivity index (χ3v) is 4.60. The molecule has 4 nitrogen and oxygen atoms in total. The van der Waals surface area contributed by atoms with E-state index in [2.05, 4.69) is 15.9 Å². The molecule has 0 bridgehead atoms. The number of benzene rings is 1. The molecule has 1 saturated heterocycles. The fraction of sp³-hybridized carbons (Fsp3) is 0.647. The van der Waals surface area contributed by atoms with Crippen molar-refractivity contribution in [2.75, 3.05) is 39.8 Å². The van der Waals surface area contributed by atoms with Crippen LogP contribution in [0.4, 0.5) is 0 Å². The first-order valence-electron chi connectivity index (χ1n) is 8.00. The number of ether oxygens (including phenoxy) is 1. The minimum Gasteiger partial charge on any atom is -0.496 e. The largest absolute Gasteiger partial charge is 0.496 e. The third-order valence-electron chi connectivity index (χ3n) is 4.60. The van der Waals surface area contributed by atoms with Crippen LogP contribution in [0.25, 0.3) is 0 Å². The zero-order valence-corrected chi connectivity index (χ0v) is 12.9. The molecule has 1 aromatic rings. The van der Waals surface area contributed by atoms with E-state index < -0.39 is 0 Å². The molecule has 3 rings (SSSR count). The topological polar surface area (TPSA) is 35.9 Å². The van der Waals surface area contributed by atoms with Crippen molar-refractivity contribution in [3.05, 3.63) is 29.3 Å². The Hall–Kier alpha value is -1.10. The molecular formula is C17H26N2O2. The summed E-state index contributed by atoms with van der Waals surface area (Å²) in [5, 5.41) is 9.29. The summed E-state index contributed by atoms with van der Waals surface area (Å²) in [4.78, 5) is 5.10. The Morgan fingerprint density at radius 1 is 1.14 bits per heavy atom. The van der Waals surface area contributed by atoms with Gasteiger partial charge in [0.1, 0.15) is 5.75 Å². The maximum absolute atomic E-state index is 9.29. The number of methoxy groups -OCH3 is 1. The molecule has 1 aromatic carbocycles. The molecule has 1 heterocycles. The normalized spacial score (nSPS) is 20.7. The van der Waals surface area contributed by atoms with Crippen LogP contribution in [0.5, 0.6) is 5.75 Å². The summed E-state index contributed by atoms with van der Waals surface area (Å²) in [5.41, 5.74) is 2.14. The molecule has 0 atom stereocenters. The Morgan fingerprint density at radius 2 is 1.86 bits per heavy atom. The summed E-state index contributed by atoms with van der Waals surface area (Å²) in [6.45, 7) is 6.91. The smallest absolute Gasteiger partial charge is 0.123 e. The summed E-state index contributed by atoms with van der Waals surface area (Å²) < 4.78 is 5.45. The predicted octanol–water partition coefficient (Wildman–Crippen LogP) is 1.72. The second-order valence-corrected chi connectivity index (χ2v) is 6.32. The average molecular weight is 290 g/mol. The van der Waals surface area contributed by atoms with Crippen LogP contribution in [0.1, 0.15) is 24.0 Å². The van der Waals surface area contributed by atoms with E-state index in [0.717, 1.165) is 36.9 Å². The summed E-state index contributed by atoms with van der Waals surface area (Å²) in [6, 6.07) is 5.95. The van der Waals surface area contributed by atoms with Crippen molar-refractivity contribution in [1.29, 1.82) is 0 Å². The van der Waals surface area contributed by atoms with Gasteiger partial charge < -0.3 is 14.7 Å². The molecule has 116 valence electrons. The molecule has 0 radical (unpaired) electrons. The van der Waals surface area contributed by atoms with Crippen molar-refractivity contribution in [2.45, 2.75) is 26.0 Å². The van der Waals surface area contributed by atoms with Crippen LogP contribution in [0.15, 0.2) is 18.2 Å². The Bertz CT molecular complexity index is 466. The number of hydrogen-bond acceptors (Lipinski definition) is 4. The van der Waals surface area contributed by atoms with Gasteiger partial charge in [-0.3, -0.25) is 4.90 Å². The standard InChI is InChI=1S/C17H26N2O2/c1-21-17-5-4-15(13-20)10-16(17)12-19-8-6-18(7-9-19)11-14-2-3-14/h4-5,10,14,20H,2-3,6-9,11-13H2,1H3. The Balaban J connectivity index is 1.56. The number of aliphatic hydroxyl groups excluding tert-OH is 1. The highest BCUT2D eigenvalue weighted by molar-refractivity contribution is 5.37. The van der Waals surface area contributed by atoms with Gasteiger partial charge in [-0.2, -0.15) is 0 Å². The molecule has 0 amide bonds. The van der Waals surface area contributed by atoms with Crippen LogP contribution in [0.2, 0.25) is 0 Å². The van der Waals surface area contributed by atoms with Gasteiger partial charge >= 0.3 is 0 Å². The Labute approximate surface area is 127 Å². The highest BCUT2D eigenvalue weighted by Crippen LogP contribution is 2.30. The minimum atomic E-state index is 0.0894. The Kier molecular flexibility index (Phi) is 4.78. The van der Waals surface area contributed by atoms with Gasteiger partial charge in [-0.05, 0) is 36.5 Å². The summed E-state index contributed by atoms with van der Waals surface area (Å²) in [5.74, 6) is 1.91. The van der Waals surface area contributed by atoms with E-state index in [1.165, 1.54) is 38.0 Å². The first-order chi connectivity index (χ1) is 10.3. The van der Waals surface area contributed by atoms with Crippen LogP contribution in [-0.4, -0.2) is 54.7 Å².